The van der Waals surface area contributed by atoms with Crippen LogP contribution in [-0.2, 0) is 24.4 Å². The minimum Gasteiger partial charge on any atom is -0.389 e. The van der Waals surface area contributed by atoms with E-state index in [0.29, 0.717) is 56.2 Å². The van der Waals surface area contributed by atoms with E-state index < -0.39 is 21.1 Å². The zero-order valence-corrected chi connectivity index (χ0v) is 20.3. The molecule has 1 amide bonds. The Balaban J connectivity index is 1.55. The van der Waals surface area contributed by atoms with Crippen molar-refractivity contribution >= 4 is 38.1 Å². The molecule has 1 atom stereocenters. The monoisotopic (exact) mass is 511 g/mol. The Morgan fingerprint density at radius 1 is 1.26 bits per heavy atom. The van der Waals surface area contributed by atoms with E-state index >= 15 is 0 Å². The fraction of sp³-hybridized carbons (Fsp3) is 0.476. The van der Waals surface area contributed by atoms with Gasteiger partial charge in [0.25, 0.3) is 5.91 Å². The number of nitrogens with zero attached hydrogens (tertiary/aromatic N) is 4. The summed E-state index contributed by atoms with van der Waals surface area (Å²) in [5, 5.41) is 6.06. The zero-order chi connectivity index (χ0) is 24.1. The largest absolute Gasteiger partial charge is 0.389 e. The van der Waals surface area contributed by atoms with Crippen LogP contribution in [0.1, 0.15) is 18.4 Å². The Morgan fingerprint density at radius 2 is 2.06 bits per heavy atom. The Labute approximate surface area is 201 Å². The molecule has 0 unspecified atom stereocenters. The SMILES string of the molecule is CN1CCCN(S(=O)(=O)c2ccc(C(=NO[C@@H]3CCOC3)C(=O)Nc3ncc(F)s3)cc2)CC1. The molecule has 2 aromatic rings. The number of ether oxygens (including phenoxy) is 1. The second-order valence-corrected chi connectivity index (χ2v) is 11.0. The molecule has 2 saturated heterocycles. The minimum absolute atomic E-state index is 0.0738. The first-order valence-electron chi connectivity index (χ1n) is 10.9. The highest BCUT2D eigenvalue weighted by Crippen LogP contribution is 2.20. The van der Waals surface area contributed by atoms with Crippen molar-refractivity contribution in [3.63, 3.8) is 0 Å². The molecular weight excluding hydrogens is 485 g/mol. The van der Waals surface area contributed by atoms with Gasteiger partial charge >= 0.3 is 0 Å². The number of hydrogen-bond donors (Lipinski definition) is 1. The second kappa shape index (κ2) is 10.9. The number of anilines is 1. The van der Waals surface area contributed by atoms with E-state index in [4.69, 9.17) is 9.57 Å². The van der Waals surface area contributed by atoms with Gasteiger partial charge in [-0.05, 0) is 32.1 Å². The van der Waals surface area contributed by atoms with Gasteiger partial charge in [0.2, 0.25) is 10.0 Å². The van der Waals surface area contributed by atoms with Crippen molar-refractivity contribution in [2.75, 3.05) is 51.8 Å². The Morgan fingerprint density at radius 3 is 2.74 bits per heavy atom. The van der Waals surface area contributed by atoms with Crippen molar-refractivity contribution in [1.82, 2.24) is 14.2 Å². The standard InChI is InChI=1S/C21H26FN5O5S2/c1-26-8-2-9-27(11-10-26)34(29,30)17-5-3-15(4-6-17)19(25-32-16-7-12-31-14-16)20(28)24-21-23-13-18(22)33-21/h3-6,13,16H,2,7-12,14H2,1H3,(H,23,24,28)/t16-/m1/s1. The Kier molecular flexibility index (Phi) is 7.88. The molecule has 184 valence electrons. The van der Waals surface area contributed by atoms with Gasteiger partial charge in [0.05, 0.1) is 24.3 Å². The molecule has 1 N–H and O–H groups in total. The molecule has 4 rings (SSSR count). The molecule has 13 heteroatoms. The van der Waals surface area contributed by atoms with Crippen molar-refractivity contribution < 1.29 is 27.2 Å². The predicted octanol–water partition coefficient (Wildman–Crippen LogP) is 1.76. The summed E-state index contributed by atoms with van der Waals surface area (Å²) in [4.78, 5) is 24.4. The molecule has 0 saturated carbocycles. The first kappa shape index (κ1) is 24.7. The number of thiazole rings is 1. The molecule has 0 bridgehead atoms. The molecule has 1 aromatic carbocycles. The maximum Gasteiger partial charge on any atom is 0.280 e. The van der Waals surface area contributed by atoms with Crippen molar-refractivity contribution in [2.45, 2.75) is 23.8 Å². The number of nitrogens with one attached hydrogen (secondary N) is 1. The number of aromatic nitrogens is 1. The average molecular weight is 512 g/mol. The number of benzene rings is 1. The zero-order valence-electron chi connectivity index (χ0n) is 18.6. The van der Waals surface area contributed by atoms with Crippen molar-refractivity contribution in [1.29, 1.82) is 0 Å². The maximum atomic E-state index is 13.3. The molecule has 2 aliphatic heterocycles. The van der Waals surface area contributed by atoms with Crippen LogP contribution < -0.4 is 5.32 Å². The summed E-state index contributed by atoms with van der Waals surface area (Å²) >= 11 is 0.682. The van der Waals surface area contributed by atoms with Gasteiger partial charge in [-0.25, -0.2) is 13.4 Å². The number of hydrogen-bond acceptors (Lipinski definition) is 9. The van der Waals surface area contributed by atoms with Gasteiger partial charge in [-0.1, -0.05) is 28.6 Å². The number of sulfonamides is 1. The lowest BCUT2D eigenvalue weighted by Gasteiger charge is -2.20. The lowest BCUT2D eigenvalue weighted by molar-refractivity contribution is -0.110. The summed E-state index contributed by atoms with van der Waals surface area (Å²) in [7, 11) is -1.71. The molecule has 0 spiro atoms. The Hall–Kier alpha value is -2.45. The van der Waals surface area contributed by atoms with Crippen LogP contribution in [0.25, 0.3) is 0 Å². The highest BCUT2D eigenvalue weighted by molar-refractivity contribution is 7.89. The van der Waals surface area contributed by atoms with Gasteiger partial charge in [-0.15, -0.1) is 0 Å². The fourth-order valence-electron chi connectivity index (χ4n) is 3.61. The van der Waals surface area contributed by atoms with Crippen molar-refractivity contribution in [3.8, 4) is 0 Å². The van der Waals surface area contributed by atoms with E-state index in [9.17, 15) is 17.6 Å². The number of carbonyl (C=O) groups is 1. The molecule has 3 heterocycles. The molecule has 34 heavy (non-hydrogen) atoms. The van der Waals surface area contributed by atoms with Gasteiger partial charge in [0.1, 0.15) is 0 Å². The lowest BCUT2D eigenvalue weighted by atomic mass is 10.1. The molecular formula is C21H26FN5O5S2. The number of halogens is 1. The summed E-state index contributed by atoms with van der Waals surface area (Å²) in [6.45, 7) is 3.27. The van der Waals surface area contributed by atoms with E-state index in [1.54, 1.807) is 0 Å². The van der Waals surface area contributed by atoms with Crippen LogP contribution in [0.3, 0.4) is 0 Å². The number of rotatable bonds is 7. The van der Waals surface area contributed by atoms with E-state index in [0.717, 1.165) is 19.2 Å². The molecule has 1 aromatic heterocycles. The fourth-order valence-corrected chi connectivity index (χ4v) is 5.62. The molecule has 0 aliphatic carbocycles. The number of carbonyl (C=O) groups excluding carboxylic acids is 1. The topological polar surface area (TPSA) is 113 Å². The first-order chi connectivity index (χ1) is 16.3. The maximum absolute atomic E-state index is 13.3. The number of likely N-dealkylation sites (N-methyl/N-ethyl adjacent to an activating group) is 1. The summed E-state index contributed by atoms with van der Waals surface area (Å²) in [6, 6.07) is 5.91. The smallest absolute Gasteiger partial charge is 0.280 e. The van der Waals surface area contributed by atoms with E-state index in [1.165, 1.54) is 28.6 Å². The second-order valence-electron chi connectivity index (χ2n) is 8.04. The highest BCUT2D eigenvalue weighted by Gasteiger charge is 2.27. The predicted molar refractivity (Wildman–Crippen MR) is 125 cm³/mol. The van der Waals surface area contributed by atoms with Crippen molar-refractivity contribution in [3.05, 3.63) is 41.2 Å². The minimum atomic E-state index is -3.67. The average Bonchev–Trinajstić information content (AvgIpc) is 3.42. The Bertz CT molecular complexity index is 1130. The van der Waals surface area contributed by atoms with Crippen LogP contribution in [0.2, 0.25) is 0 Å². The number of amides is 1. The van der Waals surface area contributed by atoms with Crippen LogP contribution in [0.15, 0.2) is 40.5 Å². The quantitative estimate of drug-likeness (QED) is 0.445. The van der Waals surface area contributed by atoms with E-state index in [1.807, 2.05) is 7.05 Å². The third-order valence-electron chi connectivity index (χ3n) is 5.54. The van der Waals surface area contributed by atoms with Crippen molar-refractivity contribution in [2.24, 2.45) is 5.16 Å². The molecule has 0 radical (unpaired) electrons. The van der Waals surface area contributed by atoms with E-state index in [-0.39, 0.29) is 21.8 Å². The lowest BCUT2D eigenvalue weighted by Crippen LogP contribution is -2.34. The van der Waals surface area contributed by atoms with Gasteiger partial charge in [-0.3, -0.25) is 10.1 Å². The summed E-state index contributed by atoms with van der Waals surface area (Å²) in [6.07, 6.45) is 2.10. The van der Waals surface area contributed by atoms with Crippen LogP contribution in [0.4, 0.5) is 9.52 Å². The molecule has 2 fully saturated rings. The van der Waals surface area contributed by atoms with Gasteiger partial charge in [0.15, 0.2) is 22.1 Å². The number of oxime groups is 1. The highest BCUT2D eigenvalue weighted by atomic mass is 32.2. The van der Waals surface area contributed by atoms with Gasteiger partial charge < -0.3 is 14.5 Å². The third-order valence-corrected chi connectivity index (χ3v) is 8.15. The first-order valence-corrected chi connectivity index (χ1v) is 13.1. The molecule has 2 aliphatic rings. The van der Waals surface area contributed by atoms with E-state index in [2.05, 4.69) is 20.4 Å². The van der Waals surface area contributed by atoms with Crippen LogP contribution in [0, 0.1) is 5.13 Å². The van der Waals surface area contributed by atoms with Gasteiger partial charge in [-0.2, -0.15) is 8.70 Å². The van der Waals surface area contributed by atoms with Crippen LogP contribution >= 0.6 is 11.3 Å². The normalized spacial score (nSPS) is 20.8. The third kappa shape index (κ3) is 5.96. The summed E-state index contributed by atoms with van der Waals surface area (Å²) in [5.74, 6) is -0.653. The summed E-state index contributed by atoms with van der Waals surface area (Å²) in [5.41, 5.74) is 0.269. The van der Waals surface area contributed by atoms with Gasteiger partial charge in [0, 0.05) is 31.6 Å². The van der Waals surface area contributed by atoms with Crippen LogP contribution in [0.5, 0.6) is 0 Å². The molecule has 10 nitrogen and oxygen atoms in total. The summed E-state index contributed by atoms with van der Waals surface area (Å²) < 4.78 is 46.3. The van der Waals surface area contributed by atoms with Crippen LogP contribution in [-0.4, -0.2) is 86.8 Å².